The minimum atomic E-state index is -0.745. The van der Waals surface area contributed by atoms with E-state index in [9.17, 15) is 9.59 Å². The highest BCUT2D eigenvalue weighted by Crippen LogP contribution is 2.25. The van der Waals surface area contributed by atoms with E-state index in [4.69, 9.17) is 9.15 Å². The van der Waals surface area contributed by atoms with Gasteiger partial charge in [0, 0.05) is 35.2 Å². The predicted molar refractivity (Wildman–Crippen MR) is 126 cm³/mol. The van der Waals surface area contributed by atoms with Gasteiger partial charge in [-0.05, 0) is 36.4 Å². The Kier molecular flexibility index (Phi) is 5.45. The molecular formula is C24H18N6O4. The largest absolute Gasteiger partial charge is 0.493 e. The van der Waals surface area contributed by atoms with Gasteiger partial charge in [-0.25, -0.2) is 19.7 Å². The van der Waals surface area contributed by atoms with E-state index < -0.39 is 11.5 Å². The molecule has 10 heteroatoms. The Hall–Kier alpha value is -4.99. The summed E-state index contributed by atoms with van der Waals surface area (Å²) in [4.78, 5) is 37.6. The summed E-state index contributed by atoms with van der Waals surface area (Å²) in [7, 11) is 1.48. The van der Waals surface area contributed by atoms with Crippen LogP contribution in [0.2, 0.25) is 0 Å². The molecular weight excluding hydrogens is 436 g/mol. The first-order valence-corrected chi connectivity index (χ1v) is 10.2. The summed E-state index contributed by atoms with van der Waals surface area (Å²) in [5, 5.41) is 6.49. The lowest BCUT2D eigenvalue weighted by Gasteiger charge is -2.09. The fourth-order valence-corrected chi connectivity index (χ4v) is 3.37. The number of para-hydroxylation sites is 1. The number of hydrogen-bond acceptors (Lipinski definition) is 8. The van der Waals surface area contributed by atoms with Crippen LogP contribution in [0.25, 0.3) is 16.8 Å². The van der Waals surface area contributed by atoms with Gasteiger partial charge >= 0.3 is 5.63 Å². The average Bonchev–Trinajstić information content (AvgIpc) is 3.40. The second-order valence-corrected chi connectivity index (χ2v) is 7.21. The quantitative estimate of drug-likeness (QED) is 0.372. The Morgan fingerprint density at radius 3 is 2.65 bits per heavy atom. The van der Waals surface area contributed by atoms with Gasteiger partial charge in [0.25, 0.3) is 5.91 Å². The highest BCUT2D eigenvalue weighted by Gasteiger charge is 2.16. The van der Waals surface area contributed by atoms with Crippen molar-refractivity contribution in [1.29, 1.82) is 0 Å². The van der Waals surface area contributed by atoms with E-state index in [0.29, 0.717) is 34.0 Å². The van der Waals surface area contributed by atoms with Crippen LogP contribution >= 0.6 is 0 Å². The van der Waals surface area contributed by atoms with Crippen LogP contribution < -0.4 is 21.0 Å². The molecule has 0 aliphatic rings. The maximum atomic E-state index is 12.7. The molecule has 3 heterocycles. The number of ether oxygens (including phenoxy) is 1. The summed E-state index contributed by atoms with van der Waals surface area (Å²) in [5.74, 6) is 1.12. The van der Waals surface area contributed by atoms with Gasteiger partial charge in [-0.15, -0.1) is 0 Å². The first-order valence-electron chi connectivity index (χ1n) is 10.2. The molecule has 168 valence electrons. The summed E-state index contributed by atoms with van der Waals surface area (Å²) in [6.07, 6.45) is 6.56. The first-order chi connectivity index (χ1) is 16.6. The molecule has 0 unspecified atom stereocenters. The number of anilines is 3. The Bertz CT molecular complexity index is 1530. The lowest BCUT2D eigenvalue weighted by Crippen LogP contribution is -2.20. The standard InChI is InChI=1S/C24H18N6O4/c1-33-19-4-2-3-15-11-18(24(32)34-22(15)19)23(31)29-17-7-5-16(6-8-17)28-20-12-21(27-13-26-20)30-10-9-25-14-30/h2-14H,1H3,(H,29,31)(H,26,27,28). The molecule has 5 aromatic rings. The average molecular weight is 454 g/mol. The SMILES string of the molecule is COc1cccc2cc(C(=O)Nc3ccc(Nc4cc(-n5ccnc5)ncn4)cc3)c(=O)oc12. The van der Waals surface area contributed by atoms with Crippen molar-refractivity contribution in [2.24, 2.45) is 0 Å². The fraction of sp³-hybridized carbons (Fsp3) is 0.0417. The van der Waals surface area contributed by atoms with Crippen LogP contribution in [0.1, 0.15) is 10.4 Å². The number of nitrogens with one attached hydrogen (secondary N) is 2. The molecule has 0 atom stereocenters. The Morgan fingerprint density at radius 1 is 1.06 bits per heavy atom. The third-order valence-electron chi connectivity index (χ3n) is 5.03. The van der Waals surface area contributed by atoms with E-state index in [-0.39, 0.29) is 5.56 Å². The maximum absolute atomic E-state index is 12.7. The Balaban J connectivity index is 1.31. The molecule has 1 amide bonds. The lowest BCUT2D eigenvalue weighted by atomic mass is 10.1. The van der Waals surface area contributed by atoms with Gasteiger partial charge < -0.3 is 19.8 Å². The predicted octanol–water partition coefficient (Wildman–Crippen LogP) is 3.77. The van der Waals surface area contributed by atoms with Gasteiger partial charge in [-0.1, -0.05) is 12.1 Å². The number of carbonyl (C=O) groups is 1. The van der Waals surface area contributed by atoms with Gasteiger partial charge in [0.05, 0.1) is 7.11 Å². The molecule has 34 heavy (non-hydrogen) atoms. The molecule has 10 nitrogen and oxygen atoms in total. The zero-order chi connectivity index (χ0) is 23.5. The van der Waals surface area contributed by atoms with Gasteiger partial charge in [0.1, 0.15) is 29.9 Å². The third-order valence-corrected chi connectivity index (χ3v) is 5.03. The van der Waals surface area contributed by atoms with Crippen molar-refractivity contribution in [3.63, 3.8) is 0 Å². The van der Waals surface area contributed by atoms with Crippen molar-refractivity contribution in [3.05, 3.63) is 95.6 Å². The van der Waals surface area contributed by atoms with Gasteiger partial charge in [-0.2, -0.15) is 0 Å². The summed E-state index contributed by atoms with van der Waals surface area (Å²) < 4.78 is 12.3. The van der Waals surface area contributed by atoms with E-state index in [0.717, 1.165) is 5.69 Å². The molecule has 0 bridgehead atoms. The molecule has 0 aliphatic carbocycles. The molecule has 0 saturated heterocycles. The van der Waals surface area contributed by atoms with Crippen LogP contribution in [-0.4, -0.2) is 32.5 Å². The van der Waals surface area contributed by atoms with Crippen LogP contribution in [0, 0.1) is 0 Å². The second kappa shape index (κ2) is 8.87. The van der Waals surface area contributed by atoms with E-state index in [1.807, 2.05) is 0 Å². The zero-order valence-electron chi connectivity index (χ0n) is 17.9. The molecule has 2 N–H and O–H groups in total. The Morgan fingerprint density at radius 2 is 1.88 bits per heavy atom. The molecule has 5 rings (SSSR count). The van der Waals surface area contributed by atoms with E-state index in [1.54, 1.807) is 71.8 Å². The molecule has 2 aromatic carbocycles. The highest BCUT2D eigenvalue weighted by atomic mass is 16.5. The Labute approximate surface area is 192 Å². The van der Waals surface area contributed by atoms with E-state index >= 15 is 0 Å². The summed E-state index contributed by atoms with van der Waals surface area (Å²) >= 11 is 0. The molecule has 0 fully saturated rings. The van der Waals surface area contributed by atoms with Crippen molar-refractivity contribution in [2.45, 2.75) is 0 Å². The second-order valence-electron chi connectivity index (χ2n) is 7.21. The molecule has 3 aromatic heterocycles. The number of aromatic nitrogens is 4. The van der Waals surface area contributed by atoms with Gasteiger partial charge in [0.15, 0.2) is 11.3 Å². The topological polar surface area (TPSA) is 124 Å². The number of nitrogens with zero attached hydrogens (tertiary/aromatic N) is 4. The lowest BCUT2D eigenvalue weighted by molar-refractivity contribution is 0.102. The summed E-state index contributed by atoms with van der Waals surface area (Å²) in [6, 6.07) is 15.4. The van der Waals surface area contributed by atoms with E-state index in [2.05, 4.69) is 25.6 Å². The molecule has 0 aliphatic heterocycles. The number of amides is 1. The first kappa shape index (κ1) is 20.9. The monoisotopic (exact) mass is 454 g/mol. The highest BCUT2D eigenvalue weighted by molar-refractivity contribution is 6.05. The number of hydrogen-bond donors (Lipinski definition) is 2. The van der Waals surface area contributed by atoms with Crippen molar-refractivity contribution >= 4 is 34.1 Å². The third kappa shape index (κ3) is 4.19. The van der Waals surface area contributed by atoms with Crippen LogP contribution in [0.15, 0.2) is 88.9 Å². The van der Waals surface area contributed by atoms with Crippen molar-refractivity contribution in [2.75, 3.05) is 17.7 Å². The summed E-state index contributed by atoms with van der Waals surface area (Å²) in [5.41, 5.74) is 0.720. The van der Waals surface area contributed by atoms with E-state index in [1.165, 1.54) is 19.5 Å². The fourth-order valence-electron chi connectivity index (χ4n) is 3.37. The maximum Gasteiger partial charge on any atom is 0.349 e. The molecule has 0 saturated carbocycles. The summed E-state index contributed by atoms with van der Waals surface area (Å²) in [6.45, 7) is 0. The van der Waals surface area contributed by atoms with Crippen LogP contribution in [0.4, 0.5) is 17.2 Å². The van der Waals surface area contributed by atoms with Crippen LogP contribution in [0.3, 0.4) is 0 Å². The van der Waals surface area contributed by atoms with Crippen LogP contribution in [-0.2, 0) is 0 Å². The molecule has 0 spiro atoms. The number of imidazole rings is 1. The van der Waals surface area contributed by atoms with Gasteiger partial charge in [-0.3, -0.25) is 9.36 Å². The van der Waals surface area contributed by atoms with Crippen molar-refractivity contribution in [1.82, 2.24) is 19.5 Å². The van der Waals surface area contributed by atoms with Crippen molar-refractivity contribution < 1.29 is 13.9 Å². The minimum absolute atomic E-state index is 0.101. The number of rotatable bonds is 6. The van der Waals surface area contributed by atoms with Crippen molar-refractivity contribution in [3.8, 4) is 11.6 Å². The minimum Gasteiger partial charge on any atom is -0.493 e. The number of methoxy groups -OCH3 is 1. The smallest absolute Gasteiger partial charge is 0.349 e. The van der Waals surface area contributed by atoms with Gasteiger partial charge in [0.2, 0.25) is 0 Å². The zero-order valence-corrected chi connectivity index (χ0v) is 17.9. The normalized spacial score (nSPS) is 10.7. The number of carbonyl (C=O) groups excluding carboxylic acids is 1. The number of benzene rings is 2. The van der Waals surface area contributed by atoms with Crippen LogP contribution in [0.5, 0.6) is 5.75 Å². The molecule has 0 radical (unpaired) electrons. The number of fused-ring (bicyclic) bond motifs is 1.